The van der Waals surface area contributed by atoms with Crippen molar-refractivity contribution in [3.05, 3.63) is 54.1 Å². The molecule has 2 N–H and O–H groups in total. The third-order valence-electron chi connectivity index (χ3n) is 4.76. The first-order chi connectivity index (χ1) is 12.9. The molecule has 2 aromatic carbocycles. The van der Waals surface area contributed by atoms with Crippen LogP contribution in [0.2, 0.25) is 0 Å². The van der Waals surface area contributed by atoms with Gasteiger partial charge < -0.3 is 10.6 Å². The Morgan fingerprint density at radius 3 is 2.04 bits per heavy atom. The molecule has 0 spiro atoms. The van der Waals surface area contributed by atoms with Gasteiger partial charge in [0.2, 0.25) is 10.0 Å². The minimum Gasteiger partial charge on any atom is -0.382 e. The number of rotatable bonds is 6. The van der Waals surface area contributed by atoms with Crippen molar-refractivity contribution < 1.29 is 13.2 Å². The van der Waals surface area contributed by atoms with E-state index in [0.29, 0.717) is 17.3 Å². The van der Waals surface area contributed by atoms with Gasteiger partial charge in [0.25, 0.3) is 5.91 Å². The molecule has 1 aliphatic carbocycles. The molecule has 1 amide bonds. The van der Waals surface area contributed by atoms with Crippen LogP contribution >= 0.6 is 0 Å². The summed E-state index contributed by atoms with van der Waals surface area (Å²) in [6.45, 7) is 0. The zero-order chi connectivity index (χ0) is 19.4. The number of carbonyl (C=O) groups is 1. The smallest absolute Gasteiger partial charge is 0.255 e. The van der Waals surface area contributed by atoms with Gasteiger partial charge in [-0.05, 0) is 61.4 Å². The van der Waals surface area contributed by atoms with E-state index in [-0.39, 0.29) is 10.8 Å². The summed E-state index contributed by atoms with van der Waals surface area (Å²) in [6.07, 6.45) is 4.97. The molecule has 0 heterocycles. The fourth-order valence-electron chi connectivity index (χ4n) is 3.15. The summed E-state index contributed by atoms with van der Waals surface area (Å²) in [5.41, 5.74) is 2.15. The number of amides is 1. The van der Waals surface area contributed by atoms with Gasteiger partial charge in [0.15, 0.2) is 0 Å². The molecule has 0 atom stereocenters. The summed E-state index contributed by atoms with van der Waals surface area (Å²) in [4.78, 5) is 12.5. The molecule has 1 fully saturated rings. The Balaban J connectivity index is 1.63. The van der Waals surface area contributed by atoms with Crippen LogP contribution in [0.5, 0.6) is 0 Å². The molecule has 0 aromatic heterocycles. The van der Waals surface area contributed by atoms with Crippen molar-refractivity contribution in [1.29, 1.82) is 0 Å². The lowest BCUT2D eigenvalue weighted by Gasteiger charge is -2.14. The molecular weight excluding hydrogens is 362 g/mol. The molecule has 144 valence electrons. The summed E-state index contributed by atoms with van der Waals surface area (Å²) < 4.78 is 25.3. The van der Waals surface area contributed by atoms with Crippen molar-refractivity contribution in [2.45, 2.75) is 36.6 Å². The van der Waals surface area contributed by atoms with Crippen molar-refractivity contribution in [3.63, 3.8) is 0 Å². The van der Waals surface area contributed by atoms with Gasteiger partial charge in [-0.3, -0.25) is 4.79 Å². The van der Waals surface area contributed by atoms with Gasteiger partial charge in [-0.1, -0.05) is 12.8 Å². The lowest BCUT2D eigenvalue weighted by atomic mass is 10.2. The van der Waals surface area contributed by atoms with E-state index in [1.807, 2.05) is 24.3 Å². The van der Waals surface area contributed by atoms with E-state index < -0.39 is 10.0 Å². The van der Waals surface area contributed by atoms with Crippen molar-refractivity contribution in [2.24, 2.45) is 0 Å². The number of hydrogen-bond acceptors (Lipinski definition) is 4. The van der Waals surface area contributed by atoms with E-state index in [4.69, 9.17) is 0 Å². The number of sulfonamides is 1. The van der Waals surface area contributed by atoms with Crippen molar-refractivity contribution in [2.75, 3.05) is 24.7 Å². The standard InChI is InChI=1S/C20H25N3O3S/c1-23(2)27(25,26)19-13-7-15(8-14-19)20(24)22-18-11-9-17(10-12-18)21-16-5-3-4-6-16/h7-14,16,21H,3-6H2,1-2H3,(H,22,24). The van der Waals surface area contributed by atoms with Gasteiger partial charge in [0, 0.05) is 37.1 Å². The largest absolute Gasteiger partial charge is 0.382 e. The molecule has 0 bridgehead atoms. The minimum atomic E-state index is -3.50. The van der Waals surface area contributed by atoms with Crippen LogP contribution in [0.25, 0.3) is 0 Å². The number of hydrogen-bond donors (Lipinski definition) is 2. The first kappa shape index (κ1) is 19.4. The topological polar surface area (TPSA) is 78.5 Å². The zero-order valence-electron chi connectivity index (χ0n) is 15.6. The van der Waals surface area contributed by atoms with Gasteiger partial charge in [0.05, 0.1) is 4.90 Å². The Kier molecular flexibility index (Phi) is 5.82. The van der Waals surface area contributed by atoms with Crippen LogP contribution in [-0.4, -0.2) is 38.8 Å². The number of benzene rings is 2. The van der Waals surface area contributed by atoms with Crippen LogP contribution < -0.4 is 10.6 Å². The van der Waals surface area contributed by atoms with E-state index in [1.54, 1.807) is 0 Å². The lowest BCUT2D eigenvalue weighted by molar-refractivity contribution is 0.102. The number of nitrogens with zero attached hydrogens (tertiary/aromatic N) is 1. The predicted molar refractivity (Wildman–Crippen MR) is 108 cm³/mol. The Bertz CT molecular complexity index is 885. The molecule has 27 heavy (non-hydrogen) atoms. The van der Waals surface area contributed by atoms with E-state index in [0.717, 1.165) is 9.99 Å². The van der Waals surface area contributed by atoms with E-state index in [1.165, 1.54) is 64.0 Å². The van der Waals surface area contributed by atoms with Crippen LogP contribution in [0.3, 0.4) is 0 Å². The van der Waals surface area contributed by atoms with Crippen LogP contribution in [0.15, 0.2) is 53.4 Å². The van der Waals surface area contributed by atoms with Crippen molar-refractivity contribution in [3.8, 4) is 0 Å². The zero-order valence-corrected chi connectivity index (χ0v) is 16.4. The third kappa shape index (κ3) is 4.67. The second-order valence-corrected chi connectivity index (χ2v) is 9.12. The first-order valence-electron chi connectivity index (χ1n) is 9.07. The summed E-state index contributed by atoms with van der Waals surface area (Å²) in [6, 6.07) is 14.1. The quantitative estimate of drug-likeness (QED) is 0.795. The highest BCUT2D eigenvalue weighted by Crippen LogP contribution is 2.23. The summed E-state index contributed by atoms with van der Waals surface area (Å²) in [5, 5.41) is 6.34. The predicted octanol–water partition coefficient (Wildman–Crippen LogP) is 3.54. The van der Waals surface area contributed by atoms with Crippen molar-refractivity contribution in [1.82, 2.24) is 4.31 Å². The summed E-state index contributed by atoms with van der Waals surface area (Å²) in [5.74, 6) is -0.277. The Morgan fingerprint density at radius 1 is 0.926 bits per heavy atom. The summed E-state index contributed by atoms with van der Waals surface area (Å²) >= 11 is 0. The van der Waals surface area contributed by atoms with Gasteiger partial charge in [0.1, 0.15) is 0 Å². The van der Waals surface area contributed by atoms with E-state index >= 15 is 0 Å². The number of carbonyl (C=O) groups excluding carboxylic acids is 1. The first-order valence-corrected chi connectivity index (χ1v) is 10.5. The Hall–Kier alpha value is -2.38. The van der Waals surface area contributed by atoms with Crippen LogP contribution in [0, 0.1) is 0 Å². The highest BCUT2D eigenvalue weighted by atomic mass is 32.2. The van der Waals surface area contributed by atoms with Gasteiger partial charge in [-0.15, -0.1) is 0 Å². The van der Waals surface area contributed by atoms with Gasteiger partial charge in [-0.2, -0.15) is 0 Å². The van der Waals surface area contributed by atoms with E-state index in [2.05, 4.69) is 10.6 Å². The normalized spacial score (nSPS) is 15.1. The molecule has 0 saturated heterocycles. The second-order valence-electron chi connectivity index (χ2n) is 6.97. The van der Waals surface area contributed by atoms with Crippen molar-refractivity contribution >= 4 is 27.3 Å². The molecule has 0 aliphatic heterocycles. The molecule has 0 radical (unpaired) electrons. The average Bonchev–Trinajstić information content (AvgIpc) is 3.16. The SMILES string of the molecule is CN(C)S(=O)(=O)c1ccc(C(=O)Nc2ccc(NC3CCCC3)cc2)cc1. The van der Waals surface area contributed by atoms with Crippen LogP contribution in [0.1, 0.15) is 36.0 Å². The van der Waals surface area contributed by atoms with Crippen LogP contribution in [-0.2, 0) is 10.0 Å². The molecule has 3 rings (SSSR count). The molecule has 6 nitrogen and oxygen atoms in total. The lowest BCUT2D eigenvalue weighted by Crippen LogP contribution is -2.22. The fourth-order valence-corrected chi connectivity index (χ4v) is 4.05. The minimum absolute atomic E-state index is 0.159. The molecule has 2 aromatic rings. The number of anilines is 2. The average molecular weight is 388 g/mol. The van der Waals surface area contributed by atoms with Crippen LogP contribution in [0.4, 0.5) is 11.4 Å². The highest BCUT2D eigenvalue weighted by molar-refractivity contribution is 7.89. The maximum atomic E-state index is 12.4. The maximum absolute atomic E-state index is 12.4. The Labute approximate surface area is 160 Å². The van der Waals surface area contributed by atoms with Gasteiger partial charge >= 0.3 is 0 Å². The molecule has 0 unspecified atom stereocenters. The number of nitrogens with one attached hydrogen (secondary N) is 2. The molecule has 1 saturated carbocycles. The molecular formula is C20H25N3O3S. The third-order valence-corrected chi connectivity index (χ3v) is 6.59. The second kappa shape index (κ2) is 8.10. The maximum Gasteiger partial charge on any atom is 0.255 e. The Morgan fingerprint density at radius 2 is 1.48 bits per heavy atom. The molecule has 1 aliphatic rings. The van der Waals surface area contributed by atoms with Gasteiger partial charge in [-0.25, -0.2) is 12.7 Å². The fraction of sp³-hybridized carbons (Fsp3) is 0.350. The molecule has 7 heteroatoms. The summed E-state index contributed by atoms with van der Waals surface area (Å²) in [7, 11) is -0.552. The van der Waals surface area contributed by atoms with E-state index in [9.17, 15) is 13.2 Å². The highest BCUT2D eigenvalue weighted by Gasteiger charge is 2.18. The monoisotopic (exact) mass is 387 g/mol.